The van der Waals surface area contributed by atoms with Crippen molar-refractivity contribution in [3.8, 4) is 5.75 Å². The number of halogens is 2. The molecule has 0 radical (unpaired) electrons. The molecule has 2 amide bonds. The first kappa shape index (κ1) is 31.4. The van der Waals surface area contributed by atoms with E-state index < -0.39 is 0 Å². The molecule has 0 aromatic heterocycles. The lowest BCUT2D eigenvalue weighted by molar-refractivity contribution is 0.127. The predicted molar refractivity (Wildman–Crippen MR) is 177 cm³/mol. The Hall–Kier alpha value is -3.06. The van der Waals surface area contributed by atoms with Crippen LogP contribution in [0.25, 0.3) is 0 Å². The second-order valence-electron chi connectivity index (χ2n) is 12.7. The van der Waals surface area contributed by atoms with Crippen LogP contribution in [0.5, 0.6) is 5.75 Å². The third-order valence-electron chi connectivity index (χ3n) is 8.55. The van der Waals surface area contributed by atoms with Gasteiger partial charge in [0.25, 0.3) is 0 Å². The molecule has 5 rings (SSSR count). The number of carbonyl (C=O) groups is 1. The summed E-state index contributed by atoms with van der Waals surface area (Å²) in [6.07, 6.45) is 1.85. The van der Waals surface area contributed by atoms with Gasteiger partial charge in [0.1, 0.15) is 17.6 Å². The van der Waals surface area contributed by atoms with Crippen molar-refractivity contribution in [1.82, 2.24) is 14.7 Å². The first-order valence-electron chi connectivity index (χ1n) is 15.1. The van der Waals surface area contributed by atoms with E-state index >= 15 is 0 Å². The van der Waals surface area contributed by atoms with Gasteiger partial charge in [-0.1, -0.05) is 74.3 Å². The summed E-state index contributed by atoms with van der Waals surface area (Å²) in [5, 5.41) is 1.30. The number of hydrogen-bond acceptors (Lipinski definition) is 4. The van der Waals surface area contributed by atoms with Gasteiger partial charge in [-0.25, -0.2) is 4.79 Å². The summed E-state index contributed by atoms with van der Waals surface area (Å²) in [6.45, 7) is 10.4. The fourth-order valence-electron chi connectivity index (χ4n) is 6.03. The Balaban J connectivity index is 1.67. The van der Waals surface area contributed by atoms with E-state index in [2.05, 4.69) is 58.0 Å². The lowest BCUT2D eigenvalue weighted by Crippen LogP contribution is -2.51. The molecule has 0 aliphatic carbocycles. The molecule has 0 N–H and O–H groups in total. The van der Waals surface area contributed by atoms with Crippen molar-refractivity contribution < 1.29 is 9.53 Å². The zero-order chi connectivity index (χ0) is 30.9. The molecule has 1 saturated heterocycles. The number of hydrogen-bond donors (Lipinski definition) is 0. The van der Waals surface area contributed by atoms with Gasteiger partial charge in [0.2, 0.25) is 0 Å². The molecule has 6 nitrogen and oxygen atoms in total. The summed E-state index contributed by atoms with van der Waals surface area (Å²) in [5.41, 5.74) is 3.84. The van der Waals surface area contributed by atoms with Crippen LogP contribution in [-0.4, -0.2) is 66.4 Å². The van der Waals surface area contributed by atoms with Crippen LogP contribution in [0.3, 0.4) is 0 Å². The highest BCUT2D eigenvalue weighted by Gasteiger charge is 2.45. The number of rotatable bonds is 6. The van der Waals surface area contributed by atoms with Gasteiger partial charge in [0.05, 0.1) is 18.2 Å². The van der Waals surface area contributed by atoms with E-state index in [0.29, 0.717) is 41.6 Å². The number of aliphatic imine (C=N–C) groups is 1. The molecule has 228 valence electrons. The van der Waals surface area contributed by atoms with Crippen molar-refractivity contribution in [2.75, 3.05) is 33.8 Å². The lowest BCUT2D eigenvalue weighted by atomic mass is 9.86. The molecule has 0 saturated carbocycles. The molecule has 1 fully saturated rings. The van der Waals surface area contributed by atoms with E-state index in [4.69, 9.17) is 32.9 Å². The van der Waals surface area contributed by atoms with Gasteiger partial charge in [-0.15, -0.1) is 0 Å². The van der Waals surface area contributed by atoms with Crippen molar-refractivity contribution in [3.63, 3.8) is 0 Å². The third kappa shape index (κ3) is 6.72. The number of amidine groups is 1. The summed E-state index contributed by atoms with van der Waals surface area (Å²) < 4.78 is 6.24. The summed E-state index contributed by atoms with van der Waals surface area (Å²) in [6, 6.07) is 21.5. The normalized spacial score (nSPS) is 19.6. The third-order valence-corrected chi connectivity index (χ3v) is 9.05. The minimum Gasteiger partial charge on any atom is -0.493 e. The Morgan fingerprint density at radius 1 is 0.930 bits per heavy atom. The maximum Gasteiger partial charge on any atom is 0.326 e. The maximum absolute atomic E-state index is 14.7. The number of amides is 2. The van der Waals surface area contributed by atoms with Crippen LogP contribution in [0.1, 0.15) is 74.9 Å². The van der Waals surface area contributed by atoms with E-state index in [1.165, 1.54) is 0 Å². The molecular formula is C35H42Cl2N4O2. The summed E-state index contributed by atoms with van der Waals surface area (Å²) in [7, 11) is 4.22. The highest BCUT2D eigenvalue weighted by atomic mass is 35.5. The van der Waals surface area contributed by atoms with Crippen LogP contribution < -0.4 is 4.74 Å². The van der Waals surface area contributed by atoms with Crippen LogP contribution in [-0.2, 0) is 5.41 Å². The van der Waals surface area contributed by atoms with Gasteiger partial charge in [-0.2, -0.15) is 0 Å². The topological polar surface area (TPSA) is 48.4 Å². The minimum absolute atomic E-state index is 0.0466. The smallest absolute Gasteiger partial charge is 0.326 e. The fourth-order valence-corrected chi connectivity index (χ4v) is 6.28. The van der Waals surface area contributed by atoms with Gasteiger partial charge in [-0.3, -0.25) is 9.89 Å². The van der Waals surface area contributed by atoms with Crippen LogP contribution >= 0.6 is 23.2 Å². The number of likely N-dealkylation sites (tertiary alicyclic amines) is 1. The molecule has 8 heteroatoms. The molecule has 2 aliphatic heterocycles. The zero-order valence-corrected chi connectivity index (χ0v) is 27.5. The Bertz CT molecular complexity index is 1460. The van der Waals surface area contributed by atoms with Gasteiger partial charge >= 0.3 is 6.03 Å². The fraction of sp³-hybridized carbons (Fsp3) is 0.429. The maximum atomic E-state index is 14.7. The minimum atomic E-state index is -0.385. The predicted octanol–water partition coefficient (Wildman–Crippen LogP) is 8.38. The van der Waals surface area contributed by atoms with Crippen LogP contribution in [0.4, 0.5) is 4.79 Å². The average molecular weight is 622 g/mol. The molecule has 3 aromatic rings. The second kappa shape index (κ2) is 12.9. The van der Waals surface area contributed by atoms with E-state index in [1.54, 1.807) is 0 Å². The van der Waals surface area contributed by atoms with Gasteiger partial charge < -0.3 is 14.5 Å². The largest absolute Gasteiger partial charge is 0.493 e. The second-order valence-corrected chi connectivity index (χ2v) is 13.5. The number of benzene rings is 3. The van der Waals surface area contributed by atoms with Crippen molar-refractivity contribution in [3.05, 3.63) is 99.0 Å². The van der Waals surface area contributed by atoms with Gasteiger partial charge in [0, 0.05) is 29.2 Å². The van der Waals surface area contributed by atoms with E-state index in [-0.39, 0.29) is 23.5 Å². The zero-order valence-electron chi connectivity index (χ0n) is 26.0. The Labute approximate surface area is 266 Å². The Kier molecular flexibility index (Phi) is 9.40. The number of nitrogens with zero attached hydrogens (tertiary/aromatic N) is 4. The van der Waals surface area contributed by atoms with Gasteiger partial charge in [-0.05, 0) is 92.4 Å². The van der Waals surface area contributed by atoms with Crippen molar-refractivity contribution in [2.45, 2.75) is 64.1 Å². The summed E-state index contributed by atoms with van der Waals surface area (Å²) in [4.78, 5) is 26.2. The monoisotopic (exact) mass is 620 g/mol. The van der Waals surface area contributed by atoms with E-state index in [1.807, 2.05) is 65.3 Å². The highest BCUT2D eigenvalue weighted by molar-refractivity contribution is 6.30. The highest BCUT2D eigenvalue weighted by Crippen LogP contribution is 2.46. The molecule has 0 spiro atoms. The quantitative estimate of drug-likeness (QED) is 0.278. The number of urea groups is 1. The number of piperidine rings is 1. The average Bonchev–Trinajstić information content (AvgIpc) is 3.37. The first-order valence-corrected chi connectivity index (χ1v) is 15.8. The molecular weight excluding hydrogens is 579 g/mol. The SMILES string of the molecule is CCOc1cc(C(C)(C)C)ccc1C1=NC(c2ccc(Cl)cc2)C(c2ccc(Cl)cc2)N1C(=O)N1CCC(N(C)C)CC1. The molecule has 0 bridgehead atoms. The van der Waals surface area contributed by atoms with E-state index in [9.17, 15) is 4.79 Å². The molecule has 3 aromatic carbocycles. The number of ether oxygens (including phenoxy) is 1. The van der Waals surface area contributed by atoms with Crippen molar-refractivity contribution >= 4 is 35.1 Å². The summed E-state index contributed by atoms with van der Waals surface area (Å²) in [5.74, 6) is 1.34. The molecule has 2 atom stereocenters. The Morgan fingerprint density at radius 2 is 1.51 bits per heavy atom. The molecule has 43 heavy (non-hydrogen) atoms. The Morgan fingerprint density at radius 3 is 2.05 bits per heavy atom. The van der Waals surface area contributed by atoms with Crippen molar-refractivity contribution in [2.24, 2.45) is 4.99 Å². The first-order chi connectivity index (χ1) is 20.5. The van der Waals surface area contributed by atoms with Crippen LogP contribution in [0, 0.1) is 0 Å². The number of carbonyl (C=O) groups excluding carboxylic acids is 1. The lowest BCUT2D eigenvalue weighted by Gasteiger charge is -2.39. The van der Waals surface area contributed by atoms with Crippen LogP contribution in [0.15, 0.2) is 71.7 Å². The molecule has 2 aliphatic rings. The molecule has 2 heterocycles. The molecule has 2 unspecified atom stereocenters. The van der Waals surface area contributed by atoms with Gasteiger partial charge in [0.15, 0.2) is 0 Å². The van der Waals surface area contributed by atoms with Crippen LogP contribution in [0.2, 0.25) is 10.0 Å². The summed E-state index contributed by atoms with van der Waals surface area (Å²) >= 11 is 12.6. The van der Waals surface area contributed by atoms with E-state index in [0.717, 1.165) is 40.8 Å². The van der Waals surface area contributed by atoms with Crippen molar-refractivity contribution in [1.29, 1.82) is 0 Å². The standard InChI is InChI=1S/C35H42Cl2N4O2/c1-7-43-30-22-25(35(2,3)4)12-17-29(30)33-38-31(23-8-13-26(36)14-9-23)32(24-10-15-27(37)16-11-24)41(33)34(42)40-20-18-28(19-21-40)39(5)6/h8-17,22,28,31-32H,7,18-21H2,1-6H3.